The van der Waals surface area contributed by atoms with Crippen molar-refractivity contribution in [1.29, 1.82) is 0 Å². The zero-order valence-electron chi connectivity index (χ0n) is 40.6. The van der Waals surface area contributed by atoms with Crippen molar-refractivity contribution in [3.63, 3.8) is 0 Å². The second kappa shape index (κ2) is 23.5. The Morgan fingerprint density at radius 3 is 1.28 bits per heavy atom. The summed E-state index contributed by atoms with van der Waals surface area (Å²) in [6.07, 6.45) is -5.76. The minimum Gasteiger partial charge on any atom is -0.478 e. The highest BCUT2D eigenvalue weighted by molar-refractivity contribution is 5.88. The molecule has 2 unspecified atom stereocenters. The summed E-state index contributed by atoms with van der Waals surface area (Å²) < 4.78 is 109. The third-order valence-corrected chi connectivity index (χ3v) is 11.3. The molecule has 0 amide bonds. The minimum atomic E-state index is -4.66. The summed E-state index contributed by atoms with van der Waals surface area (Å²) in [5.41, 5.74) is 3.12. The number of rotatable bonds is 20. The Morgan fingerprint density at radius 1 is 0.594 bits per heavy atom. The van der Waals surface area contributed by atoms with Crippen LogP contribution in [0.3, 0.4) is 0 Å². The van der Waals surface area contributed by atoms with Gasteiger partial charge in [0.25, 0.3) is 0 Å². The molecule has 0 saturated heterocycles. The van der Waals surface area contributed by atoms with Gasteiger partial charge in [0.2, 0.25) is 12.2 Å². The first-order valence-corrected chi connectivity index (χ1v) is 23.5. The summed E-state index contributed by atoms with van der Waals surface area (Å²) >= 11 is 0. The average molecular weight is 969 g/mol. The number of carbonyl (C=O) groups excluding carboxylic acids is 1. The number of fused-ring (bicyclic) bond motifs is 2. The van der Waals surface area contributed by atoms with Crippen molar-refractivity contribution in [3.05, 3.63) is 117 Å². The standard InChI is InChI=1S/C27H32F3NO4.C26H30F3NO4/c1-6-8-19-15-21-24(35-31-25(21)27(28,29)30)20(9-7-2)22(19)34-23(26(32)33-5)18-12-10-17(11-13-18)14-16(3)4;1-5-7-18-14-20-23(34-30-24(20)26(27,28)29)19(8-6-2)21(18)33-22(25(31)32)17-11-9-16(10-12-17)13-15(3)4/h10-13,15-16,23H,6-9,14H2,1-5H3;9-12,14-15,22H,5-8,13H2,1-4H3,(H,31,32). The van der Waals surface area contributed by atoms with E-state index in [4.69, 9.17) is 23.3 Å². The summed E-state index contributed by atoms with van der Waals surface area (Å²) in [6.45, 7) is 16.1. The molecule has 0 spiro atoms. The number of esters is 1. The summed E-state index contributed by atoms with van der Waals surface area (Å²) in [5.74, 6) is -0.222. The fourth-order valence-corrected chi connectivity index (χ4v) is 8.39. The predicted molar refractivity (Wildman–Crippen MR) is 250 cm³/mol. The highest BCUT2D eigenvalue weighted by atomic mass is 19.4. The third-order valence-electron chi connectivity index (χ3n) is 11.3. The fourth-order valence-electron chi connectivity index (χ4n) is 8.39. The van der Waals surface area contributed by atoms with E-state index in [1.807, 2.05) is 64.1 Å². The molecule has 16 heteroatoms. The normalized spacial score (nSPS) is 12.9. The molecule has 0 radical (unpaired) electrons. The van der Waals surface area contributed by atoms with Gasteiger partial charge < -0.3 is 28.4 Å². The summed E-state index contributed by atoms with van der Waals surface area (Å²) in [6, 6.07) is 17.6. The van der Waals surface area contributed by atoms with Gasteiger partial charge in [-0.3, -0.25) is 0 Å². The number of benzene rings is 4. The van der Waals surface area contributed by atoms with Crippen LogP contribution < -0.4 is 9.47 Å². The van der Waals surface area contributed by atoms with Gasteiger partial charge in [0.05, 0.1) is 17.9 Å². The molecule has 2 atom stereocenters. The highest BCUT2D eigenvalue weighted by Crippen LogP contribution is 2.44. The molecule has 2 aromatic heterocycles. The van der Waals surface area contributed by atoms with E-state index in [-0.39, 0.29) is 27.7 Å². The van der Waals surface area contributed by atoms with E-state index in [2.05, 4.69) is 38.0 Å². The van der Waals surface area contributed by atoms with E-state index in [9.17, 15) is 41.0 Å². The number of carbonyl (C=O) groups is 2. The number of alkyl halides is 6. The third kappa shape index (κ3) is 13.2. The van der Waals surface area contributed by atoms with E-state index >= 15 is 0 Å². The summed E-state index contributed by atoms with van der Waals surface area (Å²) in [5, 5.41) is 16.3. The van der Waals surface area contributed by atoms with Gasteiger partial charge in [0.15, 0.2) is 22.6 Å². The van der Waals surface area contributed by atoms with Crippen molar-refractivity contribution in [2.45, 2.75) is 144 Å². The molecule has 4 aromatic carbocycles. The highest BCUT2D eigenvalue weighted by Gasteiger charge is 2.40. The van der Waals surface area contributed by atoms with Crippen molar-refractivity contribution in [1.82, 2.24) is 10.3 Å². The van der Waals surface area contributed by atoms with Gasteiger partial charge in [-0.1, -0.05) is 140 Å². The molecule has 374 valence electrons. The maximum absolute atomic E-state index is 13.6. The SMILES string of the molecule is CCCc1cc2c(C(F)(F)F)noc2c(CCC)c1OC(C(=O)O)c1ccc(CC(C)C)cc1.CCCc1cc2c(C(F)(F)F)noc2c(CCC)c1OC(C(=O)OC)c1ccc(CC(C)C)cc1. The average Bonchev–Trinajstić information content (AvgIpc) is 3.92. The van der Waals surface area contributed by atoms with Gasteiger partial charge in [-0.25, -0.2) is 9.59 Å². The van der Waals surface area contributed by atoms with Gasteiger partial charge in [-0.15, -0.1) is 0 Å². The second-order valence-corrected chi connectivity index (χ2v) is 18.0. The molecule has 2 heterocycles. The predicted octanol–water partition coefficient (Wildman–Crippen LogP) is 14.4. The van der Waals surface area contributed by atoms with E-state index in [1.165, 1.54) is 19.2 Å². The quantitative estimate of drug-likeness (QED) is 0.0582. The smallest absolute Gasteiger partial charge is 0.437 e. The maximum Gasteiger partial charge on any atom is 0.437 e. The number of carboxylic acids is 1. The number of aryl methyl sites for hydroxylation is 4. The Kier molecular flexibility index (Phi) is 18.4. The Labute approximate surface area is 398 Å². The summed E-state index contributed by atoms with van der Waals surface area (Å²) in [4.78, 5) is 25.0. The first-order valence-electron chi connectivity index (χ1n) is 23.5. The van der Waals surface area contributed by atoms with Crippen LogP contribution in [-0.4, -0.2) is 34.5 Å². The zero-order chi connectivity index (χ0) is 50.8. The number of aromatic nitrogens is 2. The number of carboxylic acid groups (broad SMARTS) is 1. The number of ether oxygens (including phenoxy) is 3. The van der Waals surface area contributed by atoms with Crippen LogP contribution in [0.2, 0.25) is 0 Å². The molecule has 0 fully saturated rings. The number of hydrogen-bond donors (Lipinski definition) is 1. The van der Waals surface area contributed by atoms with Gasteiger partial charge >= 0.3 is 24.3 Å². The Morgan fingerprint density at radius 2 is 0.957 bits per heavy atom. The second-order valence-electron chi connectivity index (χ2n) is 18.0. The first-order chi connectivity index (χ1) is 32.7. The molecule has 69 heavy (non-hydrogen) atoms. The van der Waals surface area contributed by atoms with Crippen molar-refractivity contribution in [3.8, 4) is 11.5 Å². The van der Waals surface area contributed by atoms with Crippen LogP contribution in [-0.2, 0) is 65.2 Å². The molecular formula is C53H62F6N2O8. The van der Waals surface area contributed by atoms with Crippen LogP contribution in [0.25, 0.3) is 21.9 Å². The zero-order valence-corrected chi connectivity index (χ0v) is 40.6. The molecule has 0 aliphatic heterocycles. The van der Waals surface area contributed by atoms with Gasteiger partial charge in [-0.05, 0) is 84.7 Å². The van der Waals surface area contributed by atoms with Crippen LogP contribution in [0.4, 0.5) is 26.3 Å². The van der Waals surface area contributed by atoms with E-state index in [0.717, 1.165) is 24.0 Å². The van der Waals surface area contributed by atoms with Gasteiger partial charge in [0, 0.05) is 22.3 Å². The number of nitrogens with zero attached hydrogens (tertiary/aromatic N) is 2. The Hall–Kier alpha value is -6.06. The molecule has 0 saturated carbocycles. The number of methoxy groups -OCH3 is 1. The molecule has 0 aliphatic carbocycles. The van der Waals surface area contributed by atoms with Crippen molar-refractivity contribution < 1.29 is 64.3 Å². The van der Waals surface area contributed by atoms with Crippen LogP contribution in [0.1, 0.15) is 149 Å². The lowest BCUT2D eigenvalue weighted by Gasteiger charge is -2.22. The minimum absolute atomic E-state index is 0.0135. The molecule has 6 aromatic rings. The van der Waals surface area contributed by atoms with Gasteiger partial charge in [-0.2, -0.15) is 26.3 Å². The largest absolute Gasteiger partial charge is 0.478 e. The van der Waals surface area contributed by atoms with Crippen LogP contribution in [0.5, 0.6) is 11.5 Å². The number of hydrogen-bond acceptors (Lipinski definition) is 9. The maximum atomic E-state index is 13.6. The lowest BCUT2D eigenvalue weighted by Crippen LogP contribution is -2.21. The van der Waals surface area contributed by atoms with Crippen molar-refractivity contribution in [2.24, 2.45) is 11.8 Å². The van der Waals surface area contributed by atoms with E-state index in [0.29, 0.717) is 102 Å². The molecule has 10 nitrogen and oxygen atoms in total. The molecule has 6 rings (SSSR count). The van der Waals surface area contributed by atoms with E-state index in [1.54, 1.807) is 12.1 Å². The Bertz CT molecular complexity index is 2650. The van der Waals surface area contributed by atoms with Crippen LogP contribution in [0.15, 0.2) is 69.7 Å². The van der Waals surface area contributed by atoms with Crippen LogP contribution >= 0.6 is 0 Å². The monoisotopic (exact) mass is 968 g/mol. The molecule has 0 bridgehead atoms. The topological polar surface area (TPSA) is 134 Å². The first kappa shape index (κ1) is 53.9. The Balaban J connectivity index is 0.000000258. The van der Waals surface area contributed by atoms with Crippen molar-refractivity contribution in [2.75, 3.05) is 7.11 Å². The van der Waals surface area contributed by atoms with Crippen LogP contribution in [0, 0.1) is 11.8 Å². The molecular weight excluding hydrogens is 907 g/mol. The lowest BCUT2D eigenvalue weighted by atomic mass is 9.97. The number of halogens is 6. The fraction of sp³-hybridized carbons (Fsp3) is 0.472. The molecule has 0 aliphatic rings. The van der Waals surface area contributed by atoms with Crippen molar-refractivity contribution >= 4 is 33.9 Å². The van der Waals surface area contributed by atoms with E-state index < -0.39 is 47.9 Å². The molecule has 1 N–H and O–H groups in total. The number of aliphatic carboxylic acids is 1. The lowest BCUT2D eigenvalue weighted by molar-refractivity contribution is -0.149. The van der Waals surface area contributed by atoms with Gasteiger partial charge in [0.1, 0.15) is 11.5 Å². The summed E-state index contributed by atoms with van der Waals surface area (Å²) in [7, 11) is 1.28.